The molecule has 8 nitrogen and oxygen atoms in total. The molecule has 184 valence electrons. The van der Waals surface area contributed by atoms with E-state index in [-0.39, 0.29) is 11.4 Å². The number of urea groups is 1. The summed E-state index contributed by atoms with van der Waals surface area (Å²) in [5.74, 6) is -1.09. The summed E-state index contributed by atoms with van der Waals surface area (Å²) in [7, 11) is 1.29. The van der Waals surface area contributed by atoms with Gasteiger partial charge in [-0.25, -0.2) is 14.6 Å². The molecular weight excluding hydrogens is 444 g/mol. The third kappa shape index (κ3) is 6.35. The summed E-state index contributed by atoms with van der Waals surface area (Å²) in [5.41, 5.74) is 4.53. The van der Waals surface area contributed by atoms with Gasteiger partial charge in [0, 0.05) is 11.1 Å². The van der Waals surface area contributed by atoms with E-state index < -0.39 is 23.9 Å². The van der Waals surface area contributed by atoms with Gasteiger partial charge in [0.15, 0.2) is 5.69 Å². The van der Waals surface area contributed by atoms with Gasteiger partial charge in [0.25, 0.3) is 5.91 Å². The SMILES string of the molecule is CCCC[C@@H](NC(=O)c1nc2ccccc2cc1NC(=O)Nc1c(C)cc(C)cc1C)C(=O)OC. The largest absolute Gasteiger partial charge is 0.467 e. The molecule has 8 heteroatoms. The number of rotatable bonds is 8. The van der Waals surface area contributed by atoms with Gasteiger partial charge >= 0.3 is 12.0 Å². The minimum atomic E-state index is -0.805. The molecule has 0 spiro atoms. The lowest BCUT2D eigenvalue weighted by Crippen LogP contribution is -2.42. The van der Waals surface area contributed by atoms with E-state index in [1.165, 1.54) is 7.11 Å². The van der Waals surface area contributed by atoms with Gasteiger partial charge in [0.2, 0.25) is 0 Å². The molecule has 3 rings (SSSR count). The van der Waals surface area contributed by atoms with Crippen LogP contribution in [0.4, 0.5) is 16.2 Å². The lowest BCUT2D eigenvalue weighted by molar-refractivity contribution is -0.143. The molecule has 35 heavy (non-hydrogen) atoms. The van der Waals surface area contributed by atoms with Gasteiger partial charge in [-0.3, -0.25) is 4.79 Å². The molecule has 0 saturated heterocycles. The zero-order chi connectivity index (χ0) is 25.5. The van der Waals surface area contributed by atoms with Crippen LogP contribution in [0.1, 0.15) is 53.4 Å². The molecule has 1 aromatic heterocycles. The number of anilines is 2. The summed E-state index contributed by atoms with van der Waals surface area (Å²) in [6.45, 7) is 7.85. The maximum atomic E-state index is 13.2. The molecular formula is C27H32N4O4. The van der Waals surface area contributed by atoms with Gasteiger partial charge in [-0.1, -0.05) is 55.7 Å². The van der Waals surface area contributed by atoms with Crippen LogP contribution in [0.15, 0.2) is 42.5 Å². The summed E-state index contributed by atoms with van der Waals surface area (Å²) in [5, 5.41) is 9.14. The fraction of sp³-hybridized carbons (Fsp3) is 0.333. The fourth-order valence-electron chi connectivity index (χ4n) is 4.05. The van der Waals surface area contributed by atoms with Crippen molar-refractivity contribution in [1.29, 1.82) is 0 Å². The number of ether oxygens (including phenoxy) is 1. The molecule has 0 radical (unpaired) electrons. The van der Waals surface area contributed by atoms with Crippen molar-refractivity contribution in [2.75, 3.05) is 17.7 Å². The molecule has 0 bridgehead atoms. The van der Waals surface area contributed by atoms with E-state index >= 15 is 0 Å². The van der Waals surface area contributed by atoms with E-state index in [1.807, 2.05) is 58.0 Å². The standard InChI is InChI=1S/C27H32N4O4/c1-6-7-11-21(26(33)35-5)29-25(32)24-22(15-19-10-8-9-12-20(19)28-24)30-27(34)31-23-17(3)13-16(2)14-18(23)4/h8-10,12-15,21H,6-7,11H2,1-5H3,(H,29,32)(H2,30,31,34)/t21-/m1/s1. The third-order valence-electron chi connectivity index (χ3n) is 5.74. The Morgan fingerprint density at radius 1 is 1.00 bits per heavy atom. The highest BCUT2D eigenvalue weighted by Gasteiger charge is 2.25. The van der Waals surface area contributed by atoms with Crippen LogP contribution in [0.3, 0.4) is 0 Å². The number of unbranched alkanes of at least 4 members (excludes halogenated alkanes) is 1. The maximum absolute atomic E-state index is 13.2. The van der Waals surface area contributed by atoms with Crippen LogP contribution in [-0.4, -0.2) is 36.0 Å². The highest BCUT2D eigenvalue weighted by molar-refractivity contribution is 6.08. The van der Waals surface area contributed by atoms with E-state index in [9.17, 15) is 14.4 Å². The van der Waals surface area contributed by atoms with E-state index in [0.29, 0.717) is 17.6 Å². The van der Waals surface area contributed by atoms with Crippen LogP contribution in [0, 0.1) is 20.8 Å². The molecule has 2 aromatic carbocycles. The predicted octanol–water partition coefficient (Wildman–Crippen LogP) is 5.27. The number of esters is 1. The summed E-state index contributed by atoms with van der Waals surface area (Å²) in [4.78, 5) is 42.9. The molecule has 1 atom stereocenters. The average Bonchev–Trinajstić information content (AvgIpc) is 2.82. The van der Waals surface area contributed by atoms with Crippen molar-refractivity contribution < 1.29 is 19.1 Å². The number of nitrogens with one attached hydrogen (secondary N) is 3. The Bertz CT molecular complexity index is 1230. The van der Waals surface area contributed by atoms with Crippen molar-refractivity contribution >= 4 is 40.2 Å². The highest BCUT2D eigenvalue weighted by Crippen LogP contribution is 2.24. The number of hydrogen-bond donors (Lipinski definition) is 3. The maximum Gasteiger partial charge on any atom is 0.328 e. The quantitative estimate of drug-likeness (QED) is 0.384. The summed E-state index contributed by atoms with van der Waals surface area (Å²) in [6.07, 6.45) is 2.05. The number of fused-ring (bicyclic) bond motifs is 1. The average molecular weight is 477 g/mol. The van der Waals surface area contributed by atoms with Crippen LogP contribution in [0.25, 0.3) is 10.9 Å². The Morgan fingerprint density at radius 3 is 2.34 bits per heavy atom. The first kappa shape index (κ1) is 25.7. The van der Waals surface area contributed by atoms with Gasteiger partial charge in [-0.05, 0) is 50.5 Å². The van der Waals surface area contributed by atoms with Gasteiger partial charge in [0.1, 0.15) is 6.04 Å². The number of amides is 3. The first-order valence-corrected chi connectivity index (χ1v) is 11.7. The van der Waals surface area contributed by atoms with Crippen LogP contribution < -0.4 is 16.0 Å². The number of pyridine rings is 1. The number of para-hydroxylation sites is 1. The molecule has 0 unspecified atom stereocenters. The zero-order valence-corrected chi connectivity index (χ0v) is 20.8. The summed E-state index contributed by atoms with van der Waals surface area (Å²) < 4.78 is 4.85. The normalized spacial score (nSPS) is 11.6. The Balaban J connectivity index is 1.92. The van der Waals surface area contributed by atoms with Crippen molar-refractivity contribution in [2.45, 2.75) is 53.0 Å². The number of nitrogens with zero attached hydrogens (tertiary/aromatic N) is 1. The van der Waals surface area contributed by atoms with Crippen molar-refractivity contribution in [3.8, 4) is 0 Å². The second-order valence-corrected chi connectivity index (χ2v) is 8.62. The highest BCUT2D eigenvalue weighted by atomic mass is 16.5. The number of benzene rings is 2. The van der Waals surface area contributed by atoms with Crippen molar-refractivity contribution in [3.63, 3.8) is 0 Å². The molecule has 1 heterocycles. The molecule has 0 aliphatic rings. The monoisotopic (exact) mass is 476 g/mol. The minimum absolute atomic E-state index is 0.0154. The van der Waals surface area contributed by atoms with Crippen molar-refractivity contribution in [2.24, 2.45) is 0 Å². The molecule has 3 amide bonds. The summed E-state index contributed by atoms with van der Waals surface area (Å²) >= 11 is 0. The van der Waals surface area contributed by atoms with E-state index in [0.717, 1.165) is 34.9 Å². The Kier molecular flexibility index (Phi) is 8.41. The van der Waals surface area contributed by atoms with E-state index in [1.54, 1.807) is 12.1 Å². The number of aromatic nitrogens is 1. The third-order valence-corrected chi connectivity index (χ3v) is 5.74. The summed E-state index contributed by atoms with van der Waals surface area (Å²) in [6, 6.07) is 11.7. The van der Waals surface area contributed by atoms with Crippen LogP contribution >= 0.6 is 0 Å². The molecule has 0 saturated carbocycles. The smallest absolute Gasteiger partial charge is 0.328 e. The predicted molar refractivity (Wildman–Crippen MR) is 138 cm³/mol. The zero-order valence-electron chi connectivity index (χ0n) is 20.8. The van der Waals surface area contributed by atoms with Gasteiger partial charge in [-0.15, -0.1) is 0 Å². The van der Waals surface area contributed by atoms with E-state index in [2.05, 4.69) is 20.9 Å². The van der Waals surface area contributed by atoms with Crippen molar-refractivity contribution in [3.05, 3.63) is 64.8 Å². The molecule has 0 aliphatic carbocycles. The lowest BCUT2D eigenvalue weighted by Gasteiger charge is -2.18. The van der Waals surface area contributed by atoms with Crippen LogP contribution in [-0.2, 0) is 9.53 Å². The minimum Gasteiger partial charge on any atom is -0.467 e. The number of aryl methyl sites for hydroxylation is 3. The van der Waals surface area contributed by atoms with Gasteiger partial charge in [-0.2, -0.15) is 0 Å². The van der Waals surface area contributed by atoms with Crippen LogP contribution in [0.2, 0.25) is 0 Å². The van der Waals surface area contributed by atoms with Crippen LogP contribution in [0.5, 0.6) is 0 Å². The topological polar surface area (TPSA) is 109 Å². The van der Waals surface area contributed by atoms with Gasteiger partial charge in [0.05, 0.1) is 18.3 Å². The molecule has 0 aliphatic heterocycles. The Labute approximate surface area is 205 Å². The molecule has 3 aromatic rings. The van der Waals surface area contributed by atoms with Gasteiger partial charge < -0.3 is 20.7 Å². The Hall–Kier alpha value is -3.94. The fourth-order valence-corrected chi connectivity index (χ4v) is 4.05. The second kappa shape index (κ2) is 11.5. The molecule has 0 fully saturated rings. The lowest BCUT2D eigenvalue weighted by atomic mass is 10.1. The second-order valence-electron chi connectivity index (χ2n) is 8.62. The van der Waals surface area contributed by atoms with Crippen molar-refractivity contribution in [1.82, 2.24) is 10.3 Å². The number of methoxy groups -OCH3 is 1. The first-order chi connectivity index (χ1) is 16.7. The van der Waals surface area contributed by atoms with E-state index in [4.69, 9.17) is 4.74 Å². The molecule has 3 N–H and O–H groups in total. The first-order valence-electron chi connectivity index (χ1n) is 11.7. The number of carbonyl (C=O) groups is 3. The number of hydrogen-bond acceptors (Lipinski definition) is 5. The Morgan fingerprint density at radius 2 is 1.69 bits per heavy atom. The number of carbonyl (C=O) groups excluding carboxylic acids is 3.